The molecule has 0 unspecified atom stereocenters. The maximum Gasteiger partial charge on any atom is 0.271 e. The third-order valence-electron chi connectivity index (χ3n) is 4.12. The molecule has 162 valence electrons. The summed E-state index contributed by atoms with van der Waals surface area (Å²) >= 11 is 0. The summed E-state index contributed by atoms with van der Waals surface area (Å²) < 4.78 is 31.2. The summed E-state index contributed by atoms with van der Waals surface area (Å²) in [5.74, 6) is 0.126. The average molecular weight is 436 g/mol. The van der Waals surface area contributed by atoms with Crippen LogP contribution < -0.4 is 14.4 Å². The number of hydrogen-bond acceptors (Lipinski definition) is 6. The summed E-state index contributed by atoms with van der Waals surface area (Å²) in [4.78, 5) is 23.1. The number of nitrogens with zero attached hydrogens (tertiary/aromatic N) is 2. The largest absolute Gasteiger partial charge is 0.491 e. The highest BCUT2D eigenvalue weighted by Crippen LogP contribution is 2.25. The zero-order valence-corrected chi connectivity index (χ0v) is 18.0. The molecule has 1 amide bonds. The SMILES string of the molecule is CC(C)Oc1cccc(CNC(=O)[C@@H](C)N(c2cccc([N+](=O)[O-])c2)S(C)(=O)=O)c1. The molecule has 0 aliphatic heterocycles. The normalized spacial score (nSPS) is 12.3. The Bertz CT molecular complexity index is 1020. The summed E-state index contributed by atoms with van der Waals surface area (Å²) in [6.45, 7) is 5.41. The number of nitro groups is 1. The van der Waals surface area contributed by atoms with E-state index in [4.69, 9.17) is 4.74 Å². The molecule has 0 bridgehead atoms. The first kappa shape index (κ1) is 23.1. The maximum atomic E-state index is 12.7. The molecule has 0 fully saturated rings. The van der Waals surface area contributed by atoms with E-state index in [1.807, 2.05) is 26.0 Å². The predicted octanol–water partition coefficient (Wildman–Crippen LogP) is 2.85. The van der Waals surface area contributed by atoms with E-state index in [0.29, 0.717) is 5.75 Å². The van der Waals surface area contributed by atoms with Crippen molar-refractivity contribution in [2.45, 2.75) is 39.5 Å². The number of amides is 1. The molecule has 1 atom stereocenters. The molecule has 0 saturated heterocycles. The number of ether oxygens (including phenoxy) is 1. The van der Waals surface area contributed by atoms with E-state index in [1.165, 1.54) is 25.1 Å². The summed E-state index contributed by atoms with van der Waals surface area (Å²) in [7, 11) is -3.88. The topological polar surface area (TPSA) is 119 Å². The molecule has 0 aromatic heterocycles. The molecule has 10 heteroatoms. The lowest BCUT2D eigenvalue weighted by Gasteiger charge is -2.28. The molecule has 0 spiro atoms. The minimum Gasteiger partial charge on any atom is -0.491 e. The first-order chi connectivity index (χ1) is 14.0. The van der Waals surface area contributed by atoms with Gasteiger partial charge in [-0.15, -0.1) is 0 Å². The molecular formula is C20H25N3O6S. The van der Waals surface area contributed by atoms with Crippen LogP contribution in [0.2, 0.25) is 0 Å². The number of non-ortho nitro benzene ring substituents is 1. The molecule has 30 heavy (non-hydrogen) atoms. The van der Waals surface area contributed by atoms with Gasteiger partial charge in [0.1, 0.15) is 11.8 Å². The number of sulfonamides is 1. The quantitative estimate of drug-likeness (QED) is 0.478. The van der Waals surface area contributed by atoms with Crippen LogP contribution in [-0.2, 0) is 21.4 Å². The van der Waals surface area contributed by atoms with Crippen LogP contribution in [0, 0.1) is 10.1 Å². The second-order valence-electron chi connectivity index (χ2n) is 7.04. The van der Waals surface area contributed by atoms with Gasteiger partial charge in [0, 0.05) is 18.7 Å². The van der Waals surface area contributed by atoms with E-state index in [2.05, 4.69) is 5.32 Å². The van der Waals surface area contributed by atoms with Gasteiger partial charge in [-0.2, -0.15) is 0 Å². The lowest BCUT2D eigenvalue weighted by molar-refractivity contribution is -0.384. The molecule has 1 N–H and O–H groups in total. The molecule has 2 aromatic rings. The van der Waals surface area contributed by atoms with Crippen molar-refractivity contribution in [2.75, 3.05) is 10.6 Å². The van der Waals surface area contributed by atoms with Crippen LogP contribution in [0.1, 0.15) is 26.3 Å². The predicted molar refractivity (Wildman–Crippen MR) is 114 cm³/mol. The third-order valence-corrected chi connectivity index (χ3v) is 5.36. The third kappa shape index (κ3) is 6.18. The Hall–Kier alpha value is -3.14. The van der Waals surface area contributed by atoms with Crippen molar-refractivity contribution in [1.82, 2.24) is 5.32 Å². The average Bonchev–Trinajstić information content (AvgIpc) is 2.65. The summed E-state index contributed by atoms with van der Waals surface area (Å²) in [6.07, 6.45) is 0.954. The molecular weight excluding hydrogens is 410 g/mol. The van der Waals surface area contributed by atoms with Crippen molar-refractivity contribution in [3.63, 3.8) is 0 Å². The summed E-state index contributed by atoms with van der Waals surface area (Å²) in [6, 6.07) is 11.2. The first-order valence-corrected chi connectivity index (χ1v) is 11.1. The molecule has 0 saturated carbocycles. The zero-order chi connectivity index (χ0) is 22.5. The molecule has 0 aliphatic rings. The van der Waals surface area contributed by atoms with Crippen molar-refractivity contribution in [3.8, 4) is 5.75 Å². The summed E-state index contributed by atoms with van der Waals surface area (Å²) in [5.41, 5.74) is 0.562. The lowest BCUT2D eigenvalue weighted by atomic mass is 10.2. The number of nitrogens with one attached hydrogen (secondary N) is 1. The van der Waals surface area contributed by atoms with Crippen LogP contribution in [-0.4, -0.2) is 37.6 Å². The van der Waals surface area contributed by atoms with Crippen LogP contribution in [0.15, 0.2) is 48.5 Å². The zero-order valence-electron chi connectivity index (χ0n) is 17.2. The van der Waals surface area contributed by atoms with E-state index in [1.54, 1.807) is 12.1 Å². The van der Waals surface area contributed by atoms with E-state index in [9.17, 15) is 23.3 Å². The van der Waals surface area contributed by atoms with Gasteiger partial charge in [0.2, 0.25) is 15.9 Å². The van der Waals surface area contributed by atoms with Crippen molar-refractivity contribution in [1.29, 1.82) is 0 Å². The Morgan fingerprint density at radius 1 is 1.17 bits per heavy atom. The van der Waals surface area contributed by atoms with Crippen molar-refractivity contribution >= 4 is 27.3 Å². The van der Waals surface area contributed by atoms with Crippen molar-refractivity contribution in [3.05, 3.63) is 64.2 Å². The Morgan fingerprint density at radius 3 is 2.43 bits per heavy atom. The van der Waals surface area contributed by atoms with Crippen LogP contribution in [0.5, 0.6) is 5.75 Å². The highest BCUT2D eigenvalue weighted by atomic mass is 32.2. The van der Waals surface area contributed by atoms with Gasteiger partial charge in [0.05, 0.1) is 23.0 Å². The lowest BCUT2D eigenvalue weighted by Crippen LogP contribution is -2.47. The number of hydrogen-bond donors (Lipinski definition) is 1. The molecule has 0 heterocycles. The van der Waals surface area contributed by atoms with Gasteiger partial charge in [-0.05, 0) is 44.5 Å². The van der Waals surface area contributed by atoms with Gasteiger partial charge in [0.15, 0.2) is 0 Å². The summed E-state index contributed by atoms with van der Waals surface area (Å²) in [5, 5.41) is 13.7. The standard InChI is InChI=1S/C20H25N3O6S/c1-14(2)29-19-10-5-7-16(11-19)13-21-20(24)15(3)22(30(4,27)28)17-8-6-9-18(12-17)23(25)26/h5-12,14-15H,13H2,1-4H3,(H,21,24)/t15-/m1/s1. The second-order valence-corrected chi connectivity index (χ2v) is 8.90. The first-order valence-electron chi connectivity index (χ1n) is 9.26. The Balaban J connectivity index is 2.19. The monoisotopic (exact) mass is 435 g/mol. The van der Waals surface area contributed by atoms with E-state index in [-0.39, 0.29) is 24.0 Å². The van der Waals surface area contributed by atoms with Crippen LogP contribution >= 0.6 is 0 Å². The number of anilines is 1. The number of benzene rings is 2. The molecule has 2 rings (SSSR count). The smallest absolute Gasteiger partial charge is 0.271 e. The van der Waals surface area contributed by atoms with Crippen LogP contribution in [0.3, 0.4) is 0 Å². The fourth-order valence-corrected chi connectivity index (χ4v) is 4.06. The van der Waals surface area contributed by atoms with Gasteiger partial charge >= 0.3 is 0 Å². The van der Waals surface area contributed by atoms with E-state index < -0.39 is 26.9 Å². The molecule has 0 aliphatic carbocycles. The molecule has 2 aromatic carbocycles. The van der Waals surface area contributed by atoms with E-state index >= 15 is 0 Å². The Labute approximate surface area is 175 Å². The number of carbonyl (C=O) groups excluding carboxylic acids is 1. The number of carbonyl (C=O) groups is 1. The Kier molecular flexibility index (Phi) is 7.38. The highest BCUT2D eigenvalue weighted by Gasteiger charge is 2.30. The van der Waals surface area contributed by atoms with Crippen LogP contribution in [0.25, 0.3) is 0 Å². The maximum absolute atomic E-state index is 12.7. The van der Waals surface area contributed by atoms with Gasteiger partial charge < -0.3 is 10.1 Å². The second kappa shape index (κ2) is 9.57. The number of nitro benzene ring substituents is 1. The number of rotatable bonds is 9. The Morgan fingerprint density at radius 2 is 1.83 bits per heavy atom. The van der Waals surface area contributed by atoms with Gasteiger partial charge in [-0.3, -0.25) is 19.2 Å². The van der Waals surface area contributed by atoms with Crippen molar-refractivity contribution < 1.29 is 22.9 Å². The van der Waals surface area contributed by atoms with Crippen molar-refractivity contribution in [2.24, 2.45) is 0 Å². The molecule has 0 radical (unpaired) electrons. The highest BCUT2D eigenvalue weighted by molar-refractivity contribution is 7.92. The van der Waals surface area contributed by atoms with Gasteiger partial charge in [0.25, 0.3) is 5.69 Å². The van der Waals surface area contributed by atoms with Gasteiger partial charge in [-0.25, -0.2) is 8.42 Å². The van der Waals surface area contributed by atoms with Gasteiger partial charge in [-0.1, -0.05) is 18.2 Å². The van der Waals surface area contributed by atoms with Crippen LogP contribution in [0.4, 0.5) is 11.4 Å². The minimum atomic E-state index is -3.88. The minimum absolute atomic E-state index is 0.00751. The van der Waals surface area contributed by atoms with E-state index in [0.717, 1.165) is 22.2 Å². The fourth-order valence-electron chi connectivity index (χ4n) is 2.89. The molecule has 9 nitrogen and oxygen atoms in total. The fraction of sp³-hybridized carbons (Fsp3) is 0.350.